The molecule has 2 heterocycles. The van der Waals surface area contributed by atoms with E-state index in [0.717, 1.165) is 43.1 Å². The zero-order valence-corrected chi connectivity index (χ0v) is 12.6. The van der Waals surface area contributed by atoms with Gasteiger partial charge in [-0.15, -0.1) is 0 Å². The van der Waals surface area contributed by atoms with Crippen LogP contribution < -0.4 is 19.7 Å². The highest BCUT2D eigenvalue weighted by atomic mass is 16.6. The molecule has 0 bridgehead atoms. The Kier molecular flexibility index (Phi) is 3.66. The summed E-state index contributed by atoms with van der Waals surface area (Å²) < 4.78 is 11.4. The lowest BCUT2D eigenvalue weighted by atomic mass is 9.89. The minimum absolute atomic E-state index is 0.0415. The van der Waals surface area contributed by atoms with Gasteiger partial charge in [-0.1, -0.05) is 6.07 Å². The number of nitrogens with zero attached hydrogens (tertiary/aromatic N) is 1. The molecule has 1 aromatic carbocycles. The quantitative estimate of drug-likeness (QED) is 0.904. The Balaban J connectivity index is 1.74. The maximum atomic E-state index is 11.3. The molecule has 2 aliphatic rings. The van der Waals surface area contributed by atoms with Crippen molar-refractivity contribution < 1.29 is 14.3 Å². The van der Waals surface area contributed by atoms with E-state index in [1.54, 1.807) is 6.92 Å². The van der Waals surface area contributed by atoms with Crippen LogP contribution in [0.2, 0.25) is 0 Å². The summed E-state index contributed by atoms with van der Waals surface area (Å²) in [5.74, 6) is 1.72. The summed E-state index contributed by atoms with van der Waals surface area (Å²) in [6.07, 6.45) is 1.86. The highest BCUT2D eigenvalue weighted by Crippen LogP contribution is 2.41. The molecule has 1 fully saturated rings. The van der Waals surface area contributed by atoms with Crippen molar-refractivity contribution in [1.82, 2.24) is 5.32 Å². The molecule has 0 aliphatic carbocycles. The van der Waals surface area contributed by atoms with Gasteiger partial charge >= 0.3 is 0 Å². The van der Waals surface area contributed by atoms with Gasteiger partial charge in [0.2, 0.25) is 5.91 Å². The molecule has 1 saturated heterocycles. The van der Waals surface area contributed by atoms with E-state index < -0.39 is 0 Å². The number of hydrogen-bond acceptors (Lipinski definition) is 4. The normalized spacial score (nSPS) is 20.0. The van der Waals surface area contributed by atoms with Crippen molar-refractivity contribution in [2.24, 2.45) is 0 Å². The van der Waals surface area contributed by atoms with Crippen LogP contribution in [0.3, 0.4) is 0 Å². The number of benzene rings is 1. The monoisotopic (exact) mass is 290 g/mol. The molecule has 0 atom stereocenters. The number of fused-ring (bicyclic) bond motifs is 1. The molecule has 5 heteroatoms. The van der Waals surface area contributed by atoms with Crippen LogP contribution in [0, 0.1) is 0 Å². The van der Waals surface area contributed by atoms with Crippen LogP contribution in [-0.2, 0) is 4.79 Å². The van der Waals surface area contributed by atoms with Crippen LogP contribution in [0.4, 0.5) is 5.69 Å². The van der Waals surface area contributed by atoms with Crippen molar-refractivity contribution in [2.75, 3.05) is 31.2 Å². The van der Waals surface area contributed by atoms with E-state index in [4.69, 9.17) is 9.47 Å². The van der Waals surface area contributed by atoms with E-state index in [9.17, 15) is 4.79 Å². The maximum Gasteiger partial charge on any atom is 0.217 e. The van der Waals surface area contributed by atoms with Crippen molar-refractivity contribution in [3.63, 3.8) is 0 Å². The summed E-state index contributed by atoms with van der Waals surface area (Å²) in [5, 5.41) is 3.07. The van der Waals surface area contributed by atoms with E-state index in [-0.39, 0.29) is 11.4 Å². The number of carbonyl (C=O) groups excluding carboxylic acids is 1. The van der Waals surface area contributed by atoms with Crippen LogP contribution in [0.1, 0.15) is 26.7 Å². The third-order valence-electron chi connectivity index (χ3n) is 4.23. The Morgan fingerprint density at radius 1 is 1.24 bits per heavy atom. The van der Waals surface area contributed by atoms with Gasteiger partial charge in [-0.05, 0) is 31.9 Å². The molecular formula is C16H22N2O3. The standard InChI is InChI=1S/C16H22N2O3/c1-12(19)17-16(2)6-8-18(9-7-16)13-4-3-5-14-15(13)21-11-10-20-14/h3-5H,6-11H2,1-2H3,(H,17,19). The molecule has 21 heavy (non-hydrogen) atoms. The second-order valence-corrected chi connectivity index (χ2v) is 6.03. The molecule has 0 spiro atoms. The largest absolute Gasteiger partial charge is 0.486 e. The zero-order chi connectivity index (χ0) is 14.9. The van der Waals surface area contributed by atoms with E-state index in [2.05, 4.69) is 23.2 Å². The second kappa shape index (κ2) is 5.47. The first-order valence-corrected chi connectivity index (χ1v) is 7.50. The summed E-state index contributed by atoms with van der Waals surface area (Å²) in [6, 6.07) is 6.03. The van der Waals surface area contributed by atoms with Gasteiger partial charge in [0, 0.05) is 25.6 Å². The highest BCUT2D eigenvalue weighted by Gasteiger charge is 2.32. The predicted molar refractivity (Wildman–Crippen MR) is 81.1 cm³/mol. The number of carbonyl (C=O) groups is 1. The molecule has 3 rings (SSSR count). The maximum absolute atomic E-state index is 11.3. The van der Waals surface area contributed by atoms with E-state index in [1.807, 2.05) is 12.1 Å². The topological polar surface area (TPSA) is 50.8 Å². The van der Waals surface area contributed by atoms with Gasteiger partial charge in [0.15, 0.2) is 11.5 Å². The summed E-state index contributed by atoms with van der Waals surface area (Å²) in [5.41, 5.74) is 0.992. The first-order valence-electron chi connectivity index (χ1n) is 7.50. The number of ether oxygens (including phenoxy) is 2. The van der Waals surface area contributed by atoms with Crippen molar-refractivity contribution >= 4 is 11.6 Å². The third kappa shape index (κ3) is 2.91. The molecule has 1 N–H and O–H groups in total. The number of piperidine rings is 1. The molecule has 0 radical (unpaired) electrons. The fourth-order valence-electron chi connectivity index (χ4n) is 3.10. The molecule has 2 aliphatic heterocycles. The smallest absolute Gasteiger partial charge is 0.217 e. The lowest BCUT2D eigenvalue weighted by Gasteiger charge is -2.41. The van der Waals surface area contributed by atoms with Gasteiger partial charge in [0.1, 0.15) is 13.2 Å². The lowest BCUT2D eigenvalue weighted by molar-refractivity contribution is -0.120. The van der Waals surface area contributed by atoms with Crippen molar-refractivity contribution in [3.05, 3.63) is 18.2 Å². The summed E-state index contributed by atoms with van der Waals surface area (Å²) in [4.78, 5) is 13.6. The number of rotatable bonds is 2. The van der Waals surface area contributed by atoms with E-state index >= 15 is 0 Å². The molecule has 114 valence electrons. The first-order chi connectivity index (χ1) is 10.1. The SMILES string of the molecule is CC(=O)NC1(C)CCN(c2cccc3c2OCCO3)CC1. The third-order valence-corrected chi connectivity index (χ3v) is 4.23. The Bertz CT molecular complexity index is 536. The Morgan fingerprint density at radius 2 is 1.95 bits per heavy atom. The lowest BCUT2D eigenvalue weighted by Crippen LogP contribution is -2.53. The summed E-state index contributed by atoms with van der Waals surface area (Å²) >= 11 is 0. The molecule has 1 aromatic rings. The van der Waals surface area contributed by atoms with Crippen molar-refractivity contribution in [2.45, 2.75) is 32.2 Å². The van der Waals surface area contributed by atoms with Crippen LogP contribution in [0.5, 0.6) is 11.5 Å². The van der Waals surface area contributed by atoms with Crippen molar-refractivity contribution in [3.8, 4) is 11.5 Å². The fraction of sp³-hybridized carbons (Fsp3) is 0.562. The average molecular weight is 290 g/mol. The Morgan fingerprint density at radius 3 is 2.67 bits per heavy atom. The first kappa shape index (κ1) is 14.0. The second-order valence-electron chi connectivity index (χ2n) is 6.03. The molecule has 0 saturated carbocycles. The number of nitrogens with one attached hydrogen (secondary N) is 1. The van der Waals surface area contributed by atoms with Crippen LogP contribution in [-0.4, -0.2) is 37.7 Å². The molecule has 0 unspecified atom stereocenters. The number of amides is 1. The van der Waals surface area contributed by atoms with Crippen LogP contribution in [0.25, 0.3) is 0 Å². The van der Waals surface area contributed by atoms with Gasteiger partial charge in [0.25, 0.3) is 0 Å². The predicted octanol–water partition coefficient (Wildman–Crippen LogP) is 1.95. The van der Waals surface area contributed by atoms with Gasteiger partial charge in [-0.3, -0.25) is 4.79 Å². The Hall–Kier alpha value is -1.91. The van der Waals surface area contributed by atoms with Gasteiger partial charge < -0.3 is 19.7 Å². The summed E-state index contributed by atoms with van der Waals surface area (Å²) in [7, 11) is 0. The molecule has 0 aromatic heterocycles. The fourth-order valence-corrected chi connectivity index (χ4v) is 3.10. The van der Waals surface area contributed by atoms with E-state index in [0.29, 0.717) is 13.2 Å². The summed E-state index contributed by atoms with van der Waals surface area (Å²) in [6.45, 7) is 6.70. The van der Waals surface area contributed by atoms with Gasteiger partial charge in [-0.25, -0.2) is 0 Å². The minimum atomic E-state index is -0.103. The zero-order valence-electron chi connectivity index (χ0n) is 12.6. The molecule has 5 nitrogen and oxygen atoms in total. The average Bonchev–Trinajstić information content (AvgIpc) is 2.46. The molecular weight excluding hydrogens is 268 g/mol. The van der Waals surface area contributed by atoms with Gasteiger partial charge in [-0.2, -0.15) is 0 Å². The van der Waals surface area contributed by atoms with Crippen molar-refractivity contribution in [1.29, 1.82) is 0 Å². The van der Waals surface area contributed by atoms with Gasteiger partial charge in [0.05, 0.1) is 5.69 Å². The van der Waals surface area contributed by atoms with E-state index in [1.165, 1.54) is 0 Å². The van der Waals surface area contributed by atoms with Crippen LogP contribution in [0.15, 0.2) is 18.2 Å². The number of hydrogen-bond donors (Lipinski definition) is 1. The number of anilines is 1. The minimum Gasteiger partial charge on any atom is -0.486 e. The number of para-hydroxylation sites is 1. The Labute approximate surface area is 125 Å². The highest BCUT2D eigenvalue weighted by molar-refractivity contribution is 5.74. The molecule has 1 amide bonds. The van der Waals surface area contributed by atoms with Crippen LogP contribution >= 0.6 is 0 Å².